The molecule has 178 valence electrons. The molecule has 0 bridgehead atoms. The van der Waals surface area contributed by atoms with Crippen LogP contribution in [0.25, 0.3) is 0 Å². The summed E-state index contributed by atoms with van der Waals surface area (Å²) < 4.78 is 28.5. The molecule has 1 fully saturated rings. The predicted octanol–water partition coefficient (Wildman–Crippen LogP) is 3.85. The molecule has 0 aromatic carbocycles. The highest BCUT2D eigenvalue weighted by Gasteiger charge is 2.51. The number of allylic oxidation sites excluding steroid dienone is 1. The quantitative estimate of drug-likeness (QED) is 0.184. The van der Waals surface area contributed by atoms with Gasteiger partial charge < -0.3 is 23.7 Å². The van der Waals surface area contributed by atoms with Crippen molar-refractivity contribution in [3.05, 3.63) is 12.7 Å². The van der Waals surface area contributed by atoms with E-state index in [0.29, 0.717) is 0 Å². The molecule has 6 atom stereocenters. The molecule has 1 heterocycles. The number of ether oxygens (including phenoxy) is 5. The van der Waals surface area contributed by atoms with E-state index in [0.717, 1.165) is 44.9 Å². The molecule has 31 heavy (non-hydrogen) atoms. The second kappa shape index (κ2) is 14.2. The lowest BCUT2D eigenvalue weighted by Crippen LogP contribution is -2.61. The van der Waals surface area contributed by atoms with Gasteiger partial charge in [-0.3, -0.25) is 14.4 Å². The van der Waals surface area contributed by atoms with Gasteiger partial charge in [0.2, 0.25) is 0 Å². The zero-order valence-electron chi connectivity index (χ0n) is 19.5. The molecular weight excluding hydrogens is 404 g/mol. The predicted molar refractivity (Wildman–Crippen MR) is 114 cm³/mol. The van der Waals surface area contributed by atoms with E-state index in [1.54, 1.807) is 6.92 Å². The molecule has 1 rings (SSSR count). The first-order valence-corrected chi connectivity index (χ1v) is 11.1. The fraction of sp³-hybridized carbons (Fsp3) is 0.783. The van der Waals surface area contributed by atoms with Crippen LogP contribution in [0.2, 0.25) is 0 Å². The molecule has 1 saturated heterocycles. The first-order valence-electron chi connectivity index (χ1n) is 11.1. The van der Waals surface area contributed by atoms with Crippen molar-refractivity contribution in [2.24, 2.45) is 0 Å². The Morgan fingerprint density at radius 3 is 2.00 bits per heavy atom. The standard InChI is InChI=1S/C23H38O8/c1-7-9-11-13-19(14-12-10-8-2)31-23-22(30-18(6)26)21(29-17(5)25)20(15(3)27-23)28-16(4)24/h7,15,19-23H,1,8-14H2,2-6H3/t15-,19?,20+,21+,22-,23?/m0/s1. The van der Waals surface area contributed by atoms with Crippen LogP contribution in [-0.4, -0.2) is 54.7 Å². The van der Waals surface area contributed by atoms with Crippen molar-refractivity contribution in [1.29, 1.82) is 0 Å². The van der Waals surface area contributed by atoms with E-state index in [1.165, 1.54) is 20.8 Å². The maximum Gasteiger partial charge on any atom is 0.303 e. The molecule has 0 radical (unpaired) electrons. The molecule has 0 N–H and O–H groups in total. The Labute approximate surface area is 185 Å². The molecule has 1 aliphatic rings. The highest BCUT2D eigenvalue weighted by Crippen LogP contribution is 2.31. The first-order chi connectivity index (χ1) is 14.7. The lowest BCUT2D eigenvalue weighted by molar-refractivity contribution is -0.311. The molecule has 0 aromatic heterocycles. The first kappa shape index (κ1) is 27.1. The number of esters is 3. The summed E-state index contributed by atoms with van der Waals surface area (Å²) in [6, 6.07) is 0. The van der Waals surface area contributed by atoms with E-state index < -0.39 is 48.6 Å². The summed E-state index contributed by atoms with van der Waals surface area (Å²) in [6.07, 6.45) is 3.71. The fourth-order valence-electron chi connectivity index (χ4n) is 3.66. The minimum atomic E-state index is -1.06. The maximum atomic E-state index is 11.8. The Hall–Kier alpha value is -1.93. The van der Waals surface area contributed by atoms with Crippen LogP contribution in [0, 0.1) is 0 Å². The Morgan fingerprint density at radius 1 is 0.903 bits per heavy atom. The molecule has 8 heteroatoms. The third-order valence-corrected chi connectivity index (χ3v) is 5.02. The summed E-state index contributed by atoms with van der Waals surface area (Å²) in [6.45, 7) is 11.3. The van der Waals surface area contributed by atoms with Gasteiger partial charge in [0.1, 0.15) is 0 Å². The van der Waals surface area contributed by atoms with Crippen LogP contribution in [0.1, 0.15) is 79.6 Å². The fourth-order valence-corrected chi connectivity index (χ4v) is 3.66. The van der Waals surface area contributed by atoms with Crippen LogP contribution < -0.4 is 0 Å². The summed E-state index contributed by atoms with van der Waals surface area (Å²) in [5.41, 5.74) is 0. The SMILES string of the molecule is C=CCCCC(CCCCC)OC1O[C@@H](C)[C@@H](OC(C)=O)[C@@H](OC(C)=O)[C@@H]1OC(C)=O. The normalized spacial score (nSPS) is 26.5. The molecule has 0 saturated carbocycles. The van der Waals surface area contributed by atoms with Gasteiger partial charge >= 0.3 is 17.9 Å². The Balaban J connectivity index is 3.11. The molecule has 0 aromatic rings. The average molecular weight is 443 g/mol. The molecule has 0 amide bonds. The van der Waals surface area contributed by atoms with Crippen molar-refractivity contribution in [3.63, 3.8) is 0 Å². The van der Waals surface area contributed by atoms with Crippen LogP contribution in [0.3, 0.4) is 0 Å². The van der Waals surface area contributed by atoms with Crippen molar-refractivity contribution < 1.29 is 38.1 Å². The summed E-state index contributed by atoms with van der Waals surface area (Å²) in [5.74, 6) is -1.72. The molecular formula is C23H38O8. The summed E-state index contributed by atoms with van der Waals surface area (Å²) >= 11 is 0. The van der Waals surface area contributed by atoms with Crippen molar-refractivity contribution in [3.8, 4) is 0 Å². The van der Waals surface area contributed by atoms with Crippen LogP contribution in [0.5, 0.6) is 0 Å². The van der Waals surface area contributed by atoms with Crippen molar-refractivity contribution in [1.82, 2.24) is 0 Å². The average Bonchev–Trinajstić information content (AvgIpc) is 2.67. The minimum absolute atomic E-state index is 0.120. The van der Waals surface area contributed by atoms with E-state index in [4.69, 9.17) is 23.7 Å². The molecule has 2 unspecified atom stereocenters. The number of unbranched alkanes of at least 4 members (excludes halogenated alkanes) is 3. The number of carbonyl (C=O) groups excluding carboxylic acids is 3. The summed E-state index contributed by atoms with van der Waals surface area (Å²) in [5, 5.41) is 0. The van der Waals surface area contributed by atoms with E-state index in [1.807, 2.05) is 6.08 Å². The summed E-state index contributed by atoms with van der Waals surface area (Å²) in [4.78, 5) is 35.2. The second-order valence-corrected chi connectivity index (χ2v) is 7.91. The van der Waals surface area contributed by atoms with Gasteiger partial charge in [0, 0.05) is 20.8 Å². The molecule has 0 spiro atoms. The zero-order chi connectivity index (χ0) is 23.4. The maximum absolute atomic E-state index is 11.8. The van der Waals surface area contributed by atoms with Gasteiger partial charge in [-0.2, -0.15) is 0 Å². The topological polar surface area (TPSA) is 97.4 Å². The minimum Gasteiger partial charge on any atom is -0.456 e. The third kappa shape index (κ3) is 9.82. The molecule has 1 aliphatic heterocycles. The van der Waals surface area contributed by atoms with Gasteiger partial charge in [-0.15, -0.1) is 6.58 Å². The van der Waals surface area contributed by atoms with Gasteiger partial charge in [-0.05, 0) is 32.6 Å². The third-order valence-electron chi connectivity index (χ3n) is 5.02. The zero-order valence-corrected chi connectivity index (χ0v) is 19.5. The lowest BCUT2D eigenvalue weighted by Gasteiger charge is -2.44. The Kier molecular flexibility index (Phi) is 12.4. The van der Waals surface area contributed by atoms with E-state index in [-0.39, 0.29) is 6.10 Å². The monoisotopic (exact) mass is 442 g/mol. The van der Waals surface area contributed by atoms with Crippen molar-refractivity contribution in [2.75, 3.05) is 0 Å². The number of hydrogen-bond donors (Lipinski definition) is 0. The van der Waals surface area contributed by atoms with E-state index >= 15 is 0 Å². The molecule has 0 aliphatic carbocycles. The van der Waals surface area contributed by atoms with Crippen LogP contribution >= 0.6 is 0 Å². The van der Waals surface area contributed by atoms with Gasteiger partial charge in [0.15, 0.2) is 24.6 Å². The second-order valence-electron chi connectivity index (χ2n) is 7.91. The van der Waals surface area contributed by atoms with E-state index in [2.05, 4.69) is 13.5 Å². The number of rotatable bonds is 13. The van der Waals surface area contributed by atoms with E-state index in [9.17, 15) is 14.4 Å². The van der Waals surface area contributed by atoms with Crippen LogP contribution in [0.15, 0.2) is 12.7 Å². The highest BCUT2D eigenvalue weighted by molar-refractivity contribution is 5.68. The Bertz CT molecular complexity index is 590. The largest absolute Gasteiger partial charge is 0.456 e. The lowest BCUT2D eigenvalue weighted by atomic mass is 9.98. The van der Waals surface area contributed by atoms with Gasteiger partial charge in [0.05, 0.1) is 12.2 Å². The van der Waals surface area contributed by atoms with Crippen LogP contribution in [0.4, 0.5) is 0 Å². The highest BCUT2D eigenvalue weighted by atomic mass is 16.7. The Morgan fingerprint density at radius 2 is 1.45 bits per heavy atom. The van der Waals surface area contributed by atoms with Crippen LogP contribution in [-0.2, 0) is 38.1 Å². The van der Waals surface area contributed by atoms with Gasteiger partial charge in [-0.25, -0.2) is 0 Å². The van der Waals surface area contributed by atoms with Gasteiger partial charge in [-0.1, -0.05) is 32.3 Å². The van der Waals surface area contributed by atoms with Crippen molar-refractivity contribution >= 4 is 17.9 Å². The number of carbonyl (C=O) groups is 3. The van der Waals surface area contributed by atoms with Gasteiger partial charge in [0.25, 0.3) is 0 Å². The molecule has 8 nitrogen and oxygen atoms in total. The summed E-state index contributed by atoms with van der Waals surface area (Å²) in [7, 11) is 0. The smallest absolute Gasteiger partial charge is 0.303 e. The van der Waals surface area contributed by atoms with Crippen molar-refractivity contribution in [2.45, 2.75) is 116 Å². The number of hydrogen-bond acceptors (Lipinski definition) is 8.